The van der Waals surface area contributed by atoms with Gasteiger partial charge in [-0.15, -0.1) is 0 Å². The van der Waals surface area contributed by atoms with Crippen molar-refractivity contribution < 1.29 is 4.79 Å². The Kier molecular flexibility index (Phi) is 4.62. The highest BCUT2D eigenvalue weighted by Crippen LogP contribution is 2.37. The maximum atomic E-state index is 12.0. The Hall–Kier alpha value is -0.610. The molecular weight excluding hydrogens is 226 g/mol. The number of carbonyl (C=O) groups excluding carboxylic acids is 1. The summed E-state index contributed by atoms with van der Waals surface area (Å²) >= 11 is 0. The molecule has 0 aromatic carbocycles. The number of hydrogen-bond acceptors (Lipinski definition) is 3. The van der Waals surface area contributed by atoms with E-state index in [0.29, 0.717) is 0 Å². The van der Waals surface area contributed by atoms with Crippen LogP contribution in [0.2, 0.25) is 0 Å². The van der Waals surface area contributed by atoms with Crippen LogP contribution in [-0.4, -0.2) is 42.5 Å². The molecule has 1 heterocycles. The second-order valence-corrected chi connectivity index (χ2v) is 5.84. The van der Waals surface area contributed by atoms with Crippen LogP contribution in [0.1, 0.15) is 45.4 Å². The van der Waals surface area contributed by atoms with Crippen molar-refractivity contribution in [3.8, 4) is 0 Å². The summed E-state index contributed by atoms with van der Waals surface area (Å²) in [5.41, 5.74) is 5.42. The fourth-order valence-electron chi connectivity index (χ4n) is 3.56. The molecule has 3 N–H and O–H groups in total. The van der Waals surface area contributed by atoms with E-state index in [4.69, 9.17) is 5.73 Å². The molecule has 1 saturated carbocycles. The van der Waals surface area contributed by atoms with Crippen LogP contribution < -0.4 is 11.1 Å². The molecule has 0 aromatic heterocycles. The van der Waals surface area contributed by atoms with E-state index in [0.717, 1.165) is 64.2 Å². The molecule has 4 heteroatoms. The molecule has 0 aromatic rings. The van der Waals surface area contributed by atoms with Crippen molar-refractivity contribution in [2.45, 2.75) is 51.0 Å². The zero-order valence-electron chi connectivity index (χ0n) is 11.6. The Morgan fingerprint density at radius 2 is 2.06 bits per heavy atom. The zero-order chi connectivity index (χ0) is 13.0. The highest BCUT2D eigenvalue weighted by Gasteiger charge is 2.44. The van der Waals surface area contributed by atoms with Crippen molar-refractivity contribution in [1.29, 1.82) is 0 Å². The van der Waals surface area contributed by atoms with Gasteiger partial charge in [0.15, 0.2) is 0 Å². The minimum atomic E-state index is -0.350. The zero-order valence-corrected chi connectivity index (χ0v) is 11.6. The maximum Gasteiger partial charge on any atom is 0.237 e. The van der Waals surface area contributed by atoms with Crippen LogP contribution in [0.15, 0.2) is 0 Å². The molecule has 1 aliphatic carbocycles. The quantitative estimate of drug-likeness (QED) is 0.792. The van der Waals surface area contributed by atoms with Gasteiger partial charge in [-0.1, -0.05) is 13.3 Å². The lowest BCUT2D eigenvalue weighted by Crippen LogP contribution is -2.60. The first-order valence-electron chi connectivity index (χ1n) is 7.44. The fourth-order valence-corrected chi connectivity index (χ4v) is 3.56. The number of carbonyl (C=O) groups is 1. The Balaban J connectivity index is 2.09. The number of hydrogen-bond donors (Lipinski definition) is 2. The van der Waals surface area contributed by atoms with Gasteiger partial charge >= 0.3 is 0 Å². The number of amides is 1. The molecular formula is C14H27N3O. The smallest absolute Gasteiger partial charge is 0.237 e. The van der Waals surface area contributed by atoms with Gasteiger partial charge in [0.25, 0.3) is 0 Å². The largest absolute Gasteiger partial charge is 0.368 e. The van der Waals surface area contributed by atoms with Gasteiger partial charge in [0.1, 0.15) is 5.54 Å². The summed E-state index contributed by atoms with van der Waals surface area (Å²) in [6, 6.07) is 0. The van der Waals surface area contributed by atoms with E-state index in [-0.39, 0.29) is 11.4 Å². The number of nitrogens with two attached hydrogens (primary N) is 1. The minimum absolute atomic E-state index is 0.0982. The summed E-state index contributed by atoms with van der Waals surface area (Å²) < 4.78 is 0. The van der Waals surface area contributed by atoms with E-state index in [1.165, 1.54) is 6.42 Å². The van der Waals surface area contributed by atoms with Crippen molar-refractivity contribution in [3.63, 3.8) is 0 Å². The van der Waals surface area contributed by atoms with E-state index >= 15 is 0 Å². The average molecular weight is 253 g/mol. The molecule has 18 heavy (non-hydrogen) atoms. The molecule has 0 bridgehead atoms. The molecule has 2 rings (SSSR count). The van der Waals surface area contributed by atoms with E-state index in [1.807, 2.05) is 0 Å². The van der Waals surface area contributed by atoms with Crippen LogP contribution in [-0.2, 0) is 4.79 Å². The number of nitrogens with zero attached hydrogens (tertiary/aromatic N) is 1. The van der Waals surface area contributed by atoms with Gasteiger partial charge in [0.05, 0.1) is 0 Å². The molecule has 0 atom stereocenters. The number of primary amides is 1. The van der Waals surface area contributed by atoms with Crippen molar-refractivity contribution >= 4 is 5.91 Å². The van der Waals surface area contributed by atoms with Crippen LogP contribution >= 0.6 is 0 Å². The second-order valence-electron chi connectivity index (χ2n) is 5.84. The molecule has 2 aliphatic rings. The molecule has 0 radical (unpaired) electrons. The van der Waals surface area contributed by atoms with E-state index in [2.05, 4.69) is 17.1 Å². The second kappa shape index (κ2) is 6.02. The summed E-state index contributed by atoms with van der Waals surface area (Å²) in [6.07, 6.45) is 6.58. The first-order valence-corrected chi connectivity index (χ1v) is 7.44. The highest BCUT2D eigenvalue weighted by molar-refractivity contribution is 5.84. The molecule has 104 valence electrons. The van der Waals surface area contributed by atoms with Gasteiger partial charge in [-0.05, 0) is 44.6 Å². The summed E-state index contributed by atoms with van der Waals surface area (Å²) in [6.45, 7) is 6.25. The third kappa shape index (κ3) is 2.69. The van der Waals surface area contributed by atoms with Gasteiger partial charge in [-0.2, -0.15) is 0 Å². The van der Waals surface area contributed by atoms with Crippen molar-refractivity contribution in [3.05, 3.63) is 0 Å². The SMILES string of the molecule is CCC1CCC(C(N)=O)(N2CCCNCC2)CC1. The Bertz CT molecular complexity index is 277. The number of nitrogens with one attached hydrogen (secondary N) is 1. The lowest BCUT2D eigenvalue weighted by atomic mass is 9.74. The molecule has 1 saturated heterocycles. The first kappa shape index (κ1) is 13.8. The highest BCUT2D eigenvalue weighted by atomic mass is 16.1. The molecule has 4 nitrogen and oxygen atoms in total. The summed E-state index contributed by atoms with van der Waals surface area (Å²) in [7, 11) is 0. The predicted octanol–water partition coefficient (Wildman–Crippen LogP) is 1.11. The van der Waals surface area contributed by atoms with Gasteiger partial charge in [-0.3, -0.25) is 9.69 Å². The standard InChI is InChI=1S/C14H27N3O/c1-2-12-4-6-14(7-5-12,13(15)18)17-10-3-8-16-9-11-17/h12,16H,2-11H2,1H3,(H2,15,18). The fraction of sp³-hybridized carbons (Fsp3) is 0.929. The Morgan fingerprint density at radius 1 is 1.33 bits per heavy atom. The minimum Gasteiger partial charge on any atom is -0.368 e. The monoisotopic (exact) mass is 253 g/mol. The number of rotatable bonds is 3. The van der Waals surface area contributed by atoms with Crippen LogP contribution in [0.5, 0.6) is 0 Å². The summed E-state index contributed by atoms with van der Waals surface area (Å²) in [5.74, 6) is 0.696. The third-order valence-electron chi connectivity index (χ3n) is 4.91. The van der Waals surface area contributed by atoms with Crippen molar-refractivity contribution in [2.75, 3.05) is 26.2 Å². The van der Waals surface area contributed by atoms with Gasteiger partial charge in [0.2, 0.25) is 5.91 Å². The van der Waals surface area contributed by atoms with Gasteiger partial charge in [-0.25, -0.2) is 0 Å². The Morgan fingerprint density at radius 3 is 2.67 bits per heavy atom. The lowest BCUT2D eigenvalue weighted by Gasteiger charge is -2.45. The van der Waals surface area contributed by atoms with Gasteiger partial charge in [0, 0.05) is 19.6 Å². The maximum absolute atomic E-state index is 12.0. The Labute approximate surface area is 110 Å². The van der Waals surface area contributed by atoms with E-state index in [1.54, 1.807) is 0 Å². The molecule has 1 aliphatic heterocycles. The molecule has 2 fully saturated rings. The molecule has 0 unspecified atom stereocenters. The molecule has 1 amide bonds. The van der Waals surface area contributed by atoms with Crippen LogP contribution in [0.25, 0.3) is 0 Å². The lowest BCUT2D eigenvalue weighted by molar-refractivity contribution is -0.133. The summed E-state index contributed by atoms with van der Waals surface area (Å²) in [5, 5.41) is 3.40. The third-order valence-corrected chi connectivity index (χ3v) is 4.91. The molecule has 0 spiro atoms. The summed E-state index contributed by atoms with van der Waals surface area (Å²) in [4.78, 5) is 14.4. The van der Waals surface area contributed by atoms with Crippen LogP contribution in [0.3, 0.4) is 0 Å². The average Bonchev–Trinajstić information content (AvgIpc) is 2.67. The first-order chi connectivity index (χ1) is 8.69. The van der Waals surface area contributed by atoms with Crippen LogP contribution in [0.4, 0.5) is 0 Å². The normalized spacial score (nSPS) is 35.1. The topological polar surface area (TPSA) is 58.4 Å². The van der Waals surface area contributed by atoms with Crippen LogP contribution in [0, 0.1) is 5.92 Å². The van der Waals surface area contributed by atoms with E-state index in [9.17, 15) is 4.79 Å². The van der Waals surface area contributed by atoms with Gasteiger partial charge < -0.3 is 11.1 Å². The van der Waals surface area contributed by atoms with E-state index < -0.39 is 0 Å². The predicted molar refractivity (Wildman–Crippen MR) is 73.2 cm³/mol. The van der Waals surface area contributed by atoms with Crippen molar-refractivity contribution in [2.24, 2.45) is 11.7 Å². The van der Waals surface area contributed by atoms with Crippen molar-refractivity contribution in [1.82, 2.24) is 10.2 Å².